The molecule has 3 N–H and O–H groups in total. The van der Waals surface area contributed by atoms with E-state index in [2.05, 4.69) is 20.6 Å². The number of anilines is 2. The van der Waals surface area contributed by atoms with Gasteiger partial charge in [0, 0.05) is 36.1 Å². The van der Waals surface area contributed by atoms with Crippen molar-refractivity contribution in [2.45, 2.75) is 52.9 Å². The second-order valence-corrected chi connectivity index (χ2v) is 10.0. The van der Waals surface area contributed by atoms with Gasteiger partial charge >= 0.3 is 0 Å². The van der Waals surface area contributed by atoms with Gasteiger partial charge in [0.15, 0.2) is 0 Å². The summed E-state index contributed by atoms with van der Waals surface area (Å²) in [6.45, 7) is 5.95. The topological polar surface area (TPSA) is 107 Å². The van der Waals surface area contributed by atoms with Gasteiger partial charge < -0.3 is 20.5 Å². The quantitative estimate of drug-likeness (QED) is 0.471. The van der Waals surface area contributed by atoms with Crippen molar-refractivity contribution in [2.24, 2.45) is 5.92 Å². The van der Waals surface area contributed by atoms with Crippen LogP contribution in [0.4, 0.5) is 11.5 Å². The summed E-state index contributed by atoms with van der Waals surface area (Å²) in [5.74, 6) is -0.0791. The minimum atomic E-state index is -0.315. The van der Waals surface area contributed by atoms with E-state index in [0.717, 1.165) is 36.4 Å². The average Bonchev–Trinajstić information content (AvgIpc) is 3.36. The van der Waals surface area contributed by atoms with Crippen LogP contribution in [-0.4, -0.2) is 41.3 Å². The molecule has 0 bridgehead atoms. The molecule has 1 fully saturated rings. The number of benzene rings is 1. The molecule has 2 aromatic heterocycles. The molecule has 1 saturated carbocycles. The first-order valence-electron chi connectivity index (χ1n) is 11.8. The summed E-state index contributed by atoms with van der Waals surface area (Å²) >= 11 is 1.31. The minimum Gasteiger partial charge on any atom is -0.352 e. The molecule has 0 saturated heterocycles. The van der Waals surface area contributed by atoms with Crippen LogP contribution in [0.25, 0.3) is 10.9 Å². The number of nitrogens with one attached hydrogen (secondary N) is 3. The summed E-state index contributed by atoms with van der Waals surface area (Å²) in [6, 6.07) is 5.53. The van der Waals surface area contributed by atoms with Crippen LogP contribution < -0.4 is 15.5 Å². The third kappa shape index (κ3) is 4.70. The van der Waals surface area contributed by atoms with Crippen LogP contribution in [0.3, 0.4) is 0 Å². The largest absolute Gasteiger partial charge is 0.352 e. The van der Waals surface area contributed by atoms with Gasteiger partial charge in [0.1, 0.15) is 10.7 Å². The zero-order valence-corrected chi connectivity index (χ0v) is 20.9. The Kier molecular flexibility index (Phi) is 7.02. The first-order chi connectivity index (χ1) is 16.3. The maximum Gasteiger partial charge on any atom is 0.268 e. The van der Waals surface area contributed by atoms with E-state index in [0.29, 0.717) is 39.4 Å². The van der Waals surface area contributed by atoms with Crippen LogP contribution in [0.5, 0.6) is 0 Å². The molecule has 2 heterocycles. The van der Waals surface area contributed by atoms with Gasteiger partial charge in [-0.25, -0.2) is 4.98 Å². The summed E-state index contributed by atoms with van der Waals surface area (Å²) in [4.78, 5) is 48.6. The predicted molar refractivity (Wildman–Crippen MR) is 136 cm³/mol. The minimum absolute atomic E-state index is 0.0601. The van der Waals surface area contributed by atoms with Crippen LogP contribution in [0.15, 0.2) is 18.2 Å². The number of rotatable bonds is 6. The molecule has 0 aliphatic heterocycles. The van der Waals surface area contributed by atoms with E-state index in [1.165, 1.54) is 17.8 Å². The van der Waals surface area contributed by atoms with Crippen molar-refractivity contribution in [1.29, 1.82) is 0 Å². The lowest BCUT2D eigenvalue weighted by atomic mass is 9.88. The lowest BCUT2D eigenvalue weighted by Crippen LogP contribution is -2.33. The monoisotopic (exact) mass is 481 g/mol. The number of thiazole rings is 1. The molecule has 1 aliphatic rings. The van der Waals surface area contributed by atoms with Crippen molar-refractivity contribution in [3.8, 4) is 0 Å². The maximum absolute atomic E-state index is 13.0. The molecule has 0 atom stereocenters. The van der Waals surface area contributed by atoms with Crippen LogP contribution >= 0.6 is 11.3 Å². The fourth-order valence-electron chi connectivity index (χ4n) is 4.64. The molecule has 0 unspecified atom stereocenters. The zero-order chi connectivity index (χ0) is 24.4. The van der Waals surface area contributed by atoms with Gasteiger partial charge in [0.2, 0.25) is 5.91 Å². The number of hydrogen-bond donors (Lipinski definition) is 3. The number of aromatic nitrogens is 2. The first-order valence-corrected chi connectivity index (χ1v) is 12.6. The van der Waals surface area contributed by atoms with Crippen LogP contribution in [-0.2, 0) is 4.79 Å². The van der Waals surface area contributed by atoms with Gasteiger partial charge in [0.25, 0.3) is 11.8 Å². The summed E-state index contributed by atoms with van der Waals surface area (Å²) in [6.07, 6.45) is 5.25. The summed E-state index contributed by atoms with van der Waals surface area (Å²) in [7, 11) is 1.79. The normalized spacial score (nSPS) is 14.2. The second kappa shape index (κ2) is 9.97. The molecule has 0 spiro atoms. The van der Waals surface area contributed by atoms with Crippen molar-refractivity contribution >= 4 is 51.5 Å². The summed E-state index contributed by atoms with van der Waals surface area (Å²) in [5, 5.41) is 7.18. The number of carbonyl (C=O) groups is 3. The smallest absolute Gasteiger partial charge is 0.268 e. The highest BCUT2D eigenvalue weighted by molar-refractivity contribution is 7.13. The van der Waals surface area contributed by atoms with Crippen LogP contribution in [0.1, 0.15) is 69.8 Å². The molecule has 3 amide bonds. The summed E-state index contributed by atoms with van der Waals surface area (Å²) in [5.41, 5.74) is 2.45. The number of aromatic amines is 1. The number of aryl methyl sites for hydroxylation is 2. The SMILES string of the molecule is CCNC(=O)c1c(NC(=O)c2sc(C)nc2C)[nH]c2cc(N(C)C(=O)C3CCCCC3)ccc12. The Morgan fingerprint density at radius 1 is 1.15 bits per heavy atom. The molecule has 34 heavy (non-hydrogen) atoms. The summed E-state index contributed by atoms with van der Waals surface area (Å²) < 4.78 is 0. The predicted octanol–water partition coefficient (Wildman–Crippen LogP) is 4.79. The zero-order valence-electron chi connectivity index (χ0n) is 20.1. The Morgan fingerprint density at radius 2 is 1.88 bits per heavy atom. The Bertz CT molecular complexity index is 1240. The molecule has 9 heteroatoms. The van der Waals surface area contributed by atoms with E-state index >= 15 is 0 Å². The van der Waals surface area contributed by atoms with Crippen LogP contribution in [0.2, 0.25) is 0 Å². The number of carbonyl (C=O) groups excluding carboxylic acids is 3. The Morgan fingerprint density at radius 3 is 2.53 bits per heavy atom. The second-order valence-electron chi connectivity index (χ2n) is 8.80. The van der Waals surface area contributed by atoms with Gasteiger partial charge in [-0.2, -0.15) is 0 Å². The number of hydrogen-bond acceptors (Lipinski definition) is 5. The van der Waals surface area contributed by atoms with Crippen molar-refractivity contribution in [3.05, 3.63) is 39.3 Å². The Hall–Kier alpha value is -3.20. The molecule has 1 aliphatic carbocycles. The standard InChI is InChI=1S/C25H31N5O3S/c1-5-26-23(31)20-18-12-11-17(30(4)25(33)16-9-7-6-8-10-16)13-19(18)28-22(20)29-24(32)21-14(2)27-15(3)34-21/h11-13,16,28H,5-10H2,1-4H3,(H,26,31)(H,29,32). The lowest BCUT2D eigenvalue weighted by Gasteiger charge is -2.26. The van der Waals surface area contributed by atoms with E-state index < -0.39 is 0 Å². The number of amides is 3. The number of H-pyrrole nitrogens is 1. The van der Waals surface area contributed by atoms with Crippen molar-refractivity contribution in [3.63, 3.8) is 0 Å². The molecule has 4 rings (SSSR count). The molecule has 0 radical (unpaired) electrons. The van der Waals surface area contributed by atoms with E-state index in [4.69, 9.17) is 0 Å². The average molecular weight is 482 g/mol. The van der Waals surface area contributed by atoms with Gasteiger partial charge in [-0.15, -0.1) is 11.3 Å². The van der Waals surface area contributed by atoms with E-state index in [9.17, 15) is 14.4 Å². The van der Waals surface area contributed by atoms with Crippen LogP contribution in [0, 0.1) is 19.8 Å². The van der Waals surface area contributed by atoms with Crippen molar-refractivity contribution < 1.29 is 14.4 Å². The fourth-order valence-corrected chi connectivity index (χ4v) is 5.45. The third-order valence-electron chi connectivity index (χ3n) is 6.37. The Labute approximate surface area is 203 Å². The van der Waals surface area contributed by atoms with Gasteiger partial charge in [0.05, 0.1) is 16.3 Å². The first kappa shape index (κ1) is 23.9. The van der Waals surface area contributed by atoms with Crippen molar-refractivity contribution in [2.75, 3.05) is 23.8 Å². The van der Waals surface area contributed by atoms with E-state index in [1.54, 1.807) is 18.9 Å². The van der Waals surface area contributed by atoms with Gasteiger partial charge in [-0.1, -0.05) is 19.3 Å². The van der Waals surface area contributed by atoms with Gasteiger partial charge in [-0.05, 0) is 51.8 Å². The fraction of sp³-hybridized carbons (Fsp3) is 0.440. The van der Waals surface area contributed by atoms with E-state index in [1.807, 2.05) is 32.0 Å². The maximum atomic E-state index is 13.0. The molecule has 3 aromatic rings. The Balaban J connectivity index is 1.68. The molecule has 8 nitrogen and oxygen atoms in total. The highest BCUT2D eigenvalue weighted by Crippen LogP contribution is 2.32. The molecule has 1 aromatic carbocycles. The van der Waals surface area contributed by atoms with E-state index in [-0.39, 0.29) is 23.6 Å². The third-order valence-corrected chi connectivity index (χ3v) is 7.44. The number of fused-ring (bicyclic) bond motifs is 1. The molecular formula is C25H31N5O3S. The highest BCUT2D eigenvalue weighted by atomic mass is 32.1. The lowest BCUT2D eigenvalue weighted by molar-refractivity contribution is -0.123. The highest BCUT2D eigenvalue weighted by Gasteiger charge is 2.26. The molecule has 180 valence electrons. The van der Waals surface area contributed by atoms with Crippen molar-refractivity contribution in [1.82, 2.24) is 15.3 Å². The number of nitrogens with zero attached hydrogens (tertiary/aromatic N) is 2. The molecular weight excluding hydrogens is 450 g/mol. The van der Waals surface area contributed by atoms with Gasteiger partial charge in [-0.3, -0.25) is 14.4 Å².